The maximum atomic E-state index is 13.9. The number of likely N-dealkylation sites (N-methyl/N-ethyl adjacent to an activating group) is 1. The minimum atomic E-state index is -4.32. The Morgan fingerprint density at radius 2 is 0.762 bits per heavy atom. The maximum absolute atomic E-state index is 13.9. The lowest BCUT2D eigenvalue weighted by molar-refractivity contribution is -0.870. The van der Waals surface area contributed by atoms with Crippen LogP contribution < -0.4 is 0 Å². The minimum absolute atomic E-state index is 0.0948. The first-order valence-electron chi connectivity index (χ1n) is 27.7. The molecular weight excluding hydrogens is 806 g/mol. The van der Waals surface area contributed by atoms with E-state index < -0.39 is 13.9 Å². The lowest BCUT2D eigenvalue weighted by atomic mass is 9.94. The summed E-state index contributed by atoms with van der Waals surface area (Å²) in [6.07, 6.45) is 50.1. The number of carbonyl (C=O) groups excluding carboxylic acids is 1. The fraction of sp³-hybridized carbons (Fsp3) is 0.981. The van der Waals surface area contributed by atoms with Gasteiger partial charge in [-0.15, -0.1) is 0 Å². The Hall–Kier alpha value is -0.500. The number of carbonyl (C=O) groups is 1. The first-order chi connectivity index (χ1) is 30.5. The summed E-state index contributed by atoms with van der Waals surface area (Å²) in [5.41, 5.74) is 0. The number of hydrogen-bond acceptors (Lipinski definition) is 6. The summed E-state index contributed by atoms with van der Waals surface area (Å²) in [5.74, 6) is -0.389. The number of phosphoric acid groups is 1. The van der Waals surface area contributed by atoms with Gasteiger partial charge in [-0.3, -0.25) is 13.8 Å². The molecule has 0 radical (unpaired) electrons. The molecule has 378 valence electrons. The van der Waals surface area contributed by atoms with E-state index in [4.69, 9.17) is 18.5 Å². The van der Waals surface area contributed by atoms with Crippen molar-refractivity contribution in [1.29, 1.82) is 0 Å². The minimum Gasteiger partial charge on any atom is -0.457 e. The molecule has 0 heterocycles. The molecule has 0 saturated carbocycles. The van der Waals surface area contributed by atoms with E-state index in [9.17, 15) is 14.3 Å². The third-order valence-corrected chi connectivity index (χ3v) is 13.8. The van der Waals surface area contributed by atoms with Crippen LogP contribution in [0.4, 0.5) is 0 Å². The zero-order chi connectivity index (χ0) is 46.4. The van der Waals surface area contributed by atoms with Crippen molar-refractivity contribution in [1.82, 2.24) is 0 Å². The molecule has 0 aliphatic heterocycles. The lowest BCUT2D eigenvalue weighted by Gasteiger charge is -2.25. The number of ether oxygens (including phenoxy) is 2. The monoisotopic (exact) mass is 917 g/mol. The summed E-state index contributed by atoms with van der Waals surface area (Å²) in [5, 5.41) is 0. The van der Waals surface area contributed by atoms with Crippen LogP contribution in [0.15, 0.2) is 0 Å². The van der Waals surface area contributed by atoms with Crippen LogP contribution in [0.2, 0.25) is 0 Å². The van der Waals surface area contributed by atoms with Gasteiger partial charge in [0.25, 0.3) is 0 Å². The van der Waals surface area contributed by atoms with E-state index in [1.165, 1.54) is 205 Å². The van der Waals surface area contributed by atoms with Crippen LogP contribution in [0.1, 0.15) is 278 Å². The summed E-state index contributed by atoms with van der Waals surface area (Å²) in [4.78, 5) is 24.4. The second-order valence-electron chi connectivity index (χ2n) is 20.4. The highest BCUT2D eigenvalue weighted by atomic mass is 31.2. The molecule has 0 aromatic heterocycles. The summed E-state index contributed by atoms with van der Waals surface area (Å²) in [7, 11) is 1.69. The molecule has 0 spiro atoms. The molecule has 0 aromatic carbocycles. The SMILES string of the molecule is CCCCCCCCCCCCCCCCOC[C@H](COP(=O)(O)OCC[N+](C)(C)C)OC(=O)C(CCCCCCCCCCCCCC)CCCCCCCCCCCCCC. The highest BCUT2D eigenvalue weighted by Gasteiger charge is 2.28. The van der Waals surface area contributed by atoms with Gasteiger partial charge in [-0.25, -0.2) is 4.57 Å². The third-order valence-electron chi connectivity index (χ3n) is 12.8. The Labute approximate surface area is 393 Å². The number of quaternary nitrogens is 1. The van der Waals surface area contributed by atoms with E-state index in [0.717, 1.165) is 51.4 Å². The second kappa shape index (κ2) is 46.6. The number of hydrogen-bond donors (Lipinski definition) is 1. The van der Waals surface area contributed by atoms with Crippen LogP contribution >= 0.6 is 7.82 Å². The van der Waals surface area contributed by atoms with E-state index >= 15 is 0 Å². The Kier molecular flexibility index (Phi) is 46.2. The molecule has 1 N–H and O–H groups in total. The van der Waals surface area contributed by atoms with Crippen LogP contribution in [0.5, 0.6) is 0 Å². The average molecular weight is 917 g/mol. The number of unbranched alkanes of at least 4 members (excludes halogenated alkanes) is 35. The van der Waals surface area contributed by atoms with Crippen LogP contribution in [-0.4, -0.2) is 75.6 Å². The van der Waals surface area contributed by atoms with Gasteiger partial charge in [0.05, 0.1) is 40.3 Å². The maximum Gasteiger partial charge on any atom is 0.472 e. The van der Waals surface area contributed by atoms with Crippen molar-refractivity contribution in [3.05, 3.63) is 0 Å². The molecule has 63 heavy (non-hydrogen) atoms. The second-order valence-corrected chi connectivity index (χ2v) is 21.8. The molecule has 0 amide bonds. The van der Waals surface area contributed by atoms with Gasteiger partial charge in [-0.05, 0) is 19.3 Å². The Morgan fingerprint density at radius 3 is 1.10 bits per heavy atom. The smallest absolute Gasteiger partial charge is 0.457 e. The first kappa shape index (κ1) is 62.5. The van der Waals surface area contributed by atoms with Crippen LogP contribution in [0.3, 0.4) is 0 Å². The van der Waals surface area contributed by atoms with E-state index in [1.54, 1.807) is 0 Å². The predicted molar refractivity (Wildman–Crippen MR) is 271 cm³/mol. The molecule has 0 aromatic rings. The van der Waals surface area contributed by atoms with Gasteiger partial charge in [0.15, 0.2) is 0 Å². The predicted octanol–water partition coefficient (Wildman–Crippen LogP) is 17.0. The Bertz CT molecular complexity index is 964. The van der Waals surface area contributed by atoms with Crippen molar-refractivity contribution < 1.29 is 37.3 Å². The topological polar surface area (TPSA) is 91.3 Å². The summed E-state index contributed by atoms with van der Waals surface area (Å²) in [6, 6.07) is 0. The molecule has 0 aliphatic rings. The summed E-state index contributed by atoms with van der Waals surface area (Å²) in [6.45, 7) is 7.98. The van der Waals surface area contributed by atoms with Gasteiger partial charge in [-0.1, -0.05) is 258 Å². The highest BCUT2D eigenvalue weighted by Crippen LogP contribution is 2.43. The molecule has 9 heteroatoms. The zero-order valence-electron chi connectivity index (χ0n) is 43.3. The Morgan fingerprint density at radius 1 is 0.444 bits per heavy atom. The fourth-order valence-corrected chi connectivity index (χ4v) is 9.22. The van der Waals surface area contributed by atoms with E-state index in [0.29, 0.717) is 17.6 Å². The van der Waals surface area contributed by atoms with Gasteiger partial charge in [-0.2, -0.15) is 0 Å². The lowest BCUT2D eigenvalue weighted by Crippen LogP contribution is -2.37. The van der Waals surface area contributed by atoms with Crippen LogP contribution in [0, 0.1) is 5.92 Å². The highest BCUT2D eigenvalue weighted by molar-refractivity contribution is 7.47. The van der Waals surface area contributed by atoms with Gasteiger partial charge in [0, 0.05) is 6.61 Å². The molecule has 8 nitrogen and oxygen atoms in total. The van der Waals surface area contributed by atoms with Gasteiger partial charge in [0.2, 0.25) is 0 Å². The Balaban J connectivity index is 5.04. The van der Waals surface area contributed by atoms with Crippen LogP contribution in [0.25, 0.3) is 0 Å². The van der Waals surface area contributed by atoms with Crippen LogP contribution in [-0.2, 0) is 27.9 Å². The molecule has 0 fully saturated rings. The summed E-state index contributed by atoms with van der Waals surface area (Å²) >= 11 is 0. The fourth-order valence-electron chi connectivity index (χ4n) is 8.48. The molecule has 0 aliphatic carbocycles. The van der Waals surface area contributed by atoms with Crippen molar-refractivity contribution in [3.8, 4) is 0 Å². The molecular formula is C54H111NO7P+. The molecule has 0 rings (SSSR count). The molecule has 0 saturated heterocycles. The van der Waals surface area contributed by atoms with Crippen molar-refractivity contribution >= 4 is 13.8 Å². The van der Waals surface area contributed by atoms with E-state index in [2.05, 4.69) is 20.8 Å². The standard InChI is InChI=1S/C54H110NO7P/c1-7-10-13-16-19-22-25-28-29-32-35-38-41-44-48-59-50-53(51-61-63(57,58)60-49-47-55(4,5)6)62-54(56)52(45-42-39-36-33-30-26-23-20-17-14-11-8-2)46-43-40-37-34-31-27-24-21-18-15-12-9-3/h52-53H,7-51H2,1-6H3/p+1/t53-/m1/s1. The molecule has 2 atom stereocenters. The average Bonchev–Trinajstić information content (AvgIpc) is 3.24. The number of esters is 1. The van der Waals surface area contributed by atoms with Gasteiger partial charge < -0.3 is 18.9 Å². The van der Waals surface area contributed by atoms with E-state index in [1.807, 2.05) is 21.1 Å². The van der Waals surface area contributed by atoms with Crippen molar-refractivity contribution in [2.45, 2.75) is 284 Å². The number of rotatable bonds is 52. The van der Waals surface area contributed by atoms with Crippen molar-refractivity contribution in [2.75, 3.05) is 54.1 Å². The normalized spacial score (nSPS) is 13.5. The number of nitrogens with zero attached hydrogens (tertiary/aromatic N) is 1. The van der Waals surface area contributed by atoms with Gasteiger partial charge in [0.1, 0.15) is 19.3 Å². The largest absolute Gasteiger partial charge is 0.472 e. The van der Waals surface area contributed by atoms with Crippen molar-refractivity contribution in [2.24, 2.45) is 5.92 Å². The molecule has 0 bridgehead atoms. The first-order valence-corrected chi connectivity index (χ1v) is 29.2. The summed E-state index contributed by atoms with van der Waals surface area (Å²) < 4.78 is 36.4. The third kappa shape index (κ3) is 47.8. The van der Waals surface area contributed by atoms with Gasteiger partial charge >= 0.3 is 13.8 Å². The van der Waals surface area contributed by atoms with Crippen molar-refractivity contribution in [3.63, 3.8) is 0 Å². The molecule has 1 unspecified atom stereocenters. The number of phosphoric ester groups is 1. The zero-order valence-corrected chi connectivity index (χ0v) is 44.2. The van der Waals surface area contributed by atoms with E-state index in [-0.39, 0.29) is 31.7 Å². The quantitative estimate of drug-likeness (QED) is 0.0281.